The van der Waals surface area contributed by atoms with Crippen LogP contribution >= 0.6 is 0 Å². The minimum Gasteiger partial charge on any atom is -0.313 e. The number of hydrogen-bond donors (Lipinski definition) is 1. The van der Waals surface area contributed by atoms with E-state index in [1.807, 2.05) is 23.1 Å². The Morgan fingerprint density at radius 1 is 1.39 bits per heavy atom. The highest BCUT2D eigenvalue weighted by Gasteiger charge is 2.25. The molecule has 1 fully saturated rings. The van der Waals surface area contributed by atoms with Crippen LogP contribution in [0.5, 0.6) is 0 Å². The van der Waals surface area contributed by atoms with E-state index in [0.29, 0.717) is 5.92 Å². The van der Waals surface area contributed by atoms with Gasteiger partial charge in [-0.05, 0) is 43.1 Å². The topological polar surface area (TPSA) is 42.7 Å². The van der Waals surface area contributed by atoms with Crippen LogP contribution in [0.15, 0.2) is 30.6 Å². The lowest BCUT2D eigenvalue weighted by Gasteiger charge is -2.05. The van der Waals surface area contributed by atoms with Crippen LogP contribution in [0.2, 0.25) is 0 Å². The summed E-state index contributed by atoms with van der Waals surface area (Å²) in [4.78, 5) is 4.38. The molecule has 0 unspecified atom stereocenters. The van der Waals surface area contributed by atoms with Crippen LogP contribution in [-0.4, -0.2) is 21.3 Å². The van der Waals surface area contributed by atoms with Gasteiger partial charge in [-0.15, -0.1) is 0 Å². The van der Waals surface area contributed by atoms with Gasteiger partial charge in [0.2, 0.25) is 0 Å². The Morgan fingerprint density at radius 2 is 2.28 bits per heavy atom. The van der Waals surface area contributed by atoms with Gasteiger partial charge in [-0.1, -0.05) is 6.92 Å². The molecule has 1 N–H and O–H groups in total. The van der Waals surface area contributed by atoms with Crippen molar-refractivity contribution in [3.8, 4) is 5.82 Å². The molecule has 0 aliphatic heterocycles. The van der Waals surface area contributed by atoms with Gasteiger partial charge in [0.15, 0.2) is 5.82 Å². The molecule has 94 valence electrons. The number of nitrogens with zero attached hydrogens (tertiary/aromatic N) is 3. The predicted molar refractivity (Wildman–Crippen MR) is 70.7 cm³/mol. The molecule has 0 bridgehead atoms. The first-order valence-corrected chi connectivity index (χ1v) is 6.58. The van der Waals surface area contributed by atoms with E-state index in [1.165, 1.54) is 24.1 Å². The number of nitrogens with one attached hydrogen (secondary N) is 1. The Balaban J connectivity index is 1.81. The molecule has 1 aliphatic carbocycles. The minimum atomic E-state index is 0.691. The number of aromatic nitrogens is 3. The van der Waals surface area contributed by atoms with E-state index >= 15 is 0 Å². The molecule has 0 aromatic carbocycles. The highest BCUT2D eigenvalue weighted by Crippen LogP contribution is 2.38. The second-order valence-electron chi connectivity index (χ2n) is 4.76. The zero-order chi connectivity index (χ0) is 12.4. The molecule has 0 saturated heterocycles. The van der Waals surface area contributed by atoms with Crippen molar-refractivity contribution in [2.24, 2.45) is 0 Å². The van der Waals surface area contributed by atoms with E-state index in [-0.39, 0.29) is 0 Å². The molecule has 0 amide bonds. The number of hydrogen-bond acceptors (Lipinski definition) is 3. The Labute approximate surface area is 107 Å². The SMILES string of the molecule is CCNCc1ccnc(-n2ccc(C3CC3)n2)c1. The van der Waals surface area contributed by atoms with Gasteiger partial charge < -0.3 is 5.32 Å². The molecule has 2 heterocycles. The Kier molecular flexibility index (Phi) is 3.11. The first-order valence-electron chi connectivity index (χ1n) is 6.58. The van der Waals surface area contributed by atoms with Crippen LogP contribution in [0.3, 0.4) is 0 Å². The summed E-state index contributed by atoms with van der Waals surface area (Å²) in [7, 11) is 0. The average molecular weight is 242 g/mol. The monoisotopic (exact) mass is 242 g/mol. The predicted octanol–water partition coefficient (Wildman–Crippen LogP) is 2.25. The zero-order valence-electron chi connectivity index (χ0n) is 10.6. The fourth-order valence-corrected chi connectivity index (χ4v) is 2.03. The molecule has 1 aliphatic rings. The van der Waals surface area contributed by atoms with Crippen molar-refractivity contribution < 1.29 is 0 Å². The standard InChI is InChI=1S/C14H18N4/c1-2-15-10-11-5-7-16-14(9-11)18-8-6-13(17-18)12-3-4-12/h5-9,12,15H,2-4,10H2,1H3. The van der Waals surface area contributed by atoms with Crippen molar-refractivity contribution >= 4 is 0 Å². The van der Waals surface area contributed by atoms with Crippen LogP contribution in [-0.2, 0) is 6.54 Å². The van der Waals surface area contributed by atoms with Crippen LogP contribution in [0.25, 0.3) is 5.82 Å². The van der Waals surface area contributed by atoms with Gasteiger partial charge in [-0.25, -0.2) is 9.67 Å². The molecule has 0 spiro atoms. The summed E-state index contributed by atoms with van der Waals surface area (Å²) in [6, 6.07) is 6.24. The van der Waals surface area contributed by atoms with Crippen molar-refractivity contribution in [2.75, 3.05) is 6.54 Å². The van der Waals surface area contributed by atoms with E-state index in [0.717, 1.165) is 18.9 Å². The molecule has 18 heavy (non-hydrogen) atoms. The Morgan fingerprint density at radius 3 is 3.06 bits per heavy atom. The van der Waals surface area contributed by atoms with E-state index in [2.05, 4.69) is 34.5 Å². The fourth-order valence-electron chi connectivity index (χ4n) is 2.03. The molecule has 0 atom stereocenters. The molecule has 2 aromatic rings. The second-order valence-corrected chi connectivity index (χ2v) is 4.76. The van der Waals surface area contributed by atoms with Crippen molar-refractivity contribution in [1.29, 1.82) is 0 Å². The van der Waals surface area contributed by atoms with E-state index in [9.17, 15) is 0 Å². The Bertz CT molecular complexity index is 528. The number of pyridine rings is 1. The van der Waals surface area contributed by atoms with Crippen LogP contribution in [0.1, 0.15) is 36.9 Å². The summed E-state index contributed by atoms with van der Waals surface area (Å²) in [5.41, 5.74) is 2.44. The zero-order valence-corrected chi connectivity index (χ0v) is 10.6. The summed E-state index contributed by atoms with van der Waals surface area (Å²) >= 11 is 0. The molecule has 0 radical (unpaired) electrons. The molecule has 2 aromatic heterocycles. The van der Waals surface area contributed by atoms with Crippen LogP contribution in [0.4, 0.5) is 0 Å². The van der Waals surface area contributed by atoms with Crippen LogP contribution < -0.4 is 5.32 Å². The van der Waals surface area contributed by atoms with Gasteiger partial charge in [0, 0.05) is 24.9 Å². The van der Waals surface area contributed by atoms with E-state index in [4.69, 9.17) is 0 Å². The van der Waals surface area contributed by atoms with Crippen molar-refractivity contribution in [2.45, 2.75) is 32.2 Å². The summed E-state index contributed by atoms with van der Waals surface area (Å²) in [6.45, 7) is 3.96. The summed E-state index contributed by atoms with van der Waals surface area (Å²) in [5, 5.41) is 7.92. The van der Waals surface area contributed by atoms with Crippen molar-refractivity contribution in [1.82, 2.24) is 20.1 Å². The van der Waals surface area contributed by atoms with E-state index in [1.54, 1.807) is 0 Å². The lowest BCUT2D eigenvalue weighted by molar-refractivity contribution is 0.722. The largest absolute Gasteiger partial charge is 0.313 e. The van der Waals surface area contributed by atoms with Crippen molar-refractivity contribution in [3.63, 3.8) is 0 Å². The molecule has 3 rings (SSSR count). The van der Waals surface area contributed by atoms with E-state index < -0.39 is 0 Å². The third kappa shape index (κ3) is 2.43. The van der Waals surface area contributed by atoms with Gasteiger partial charge >= 0.3 is 0 Å². The first-order chi connectivity index (χ1) is 8.86. The van der Waals surface area contributed by atoms with Gasteiger partial charge in [0.05, 0.1) is 5.69 Å². The molecule has 1 saturated carbocycles. The molecule has 4 heteroatoms. The highest BCUT2D eigenvalue weighted by molar-refractivity contribution is 5.28. The summed E-state index contributed by atoms with van der Waals surface area (Å²) in [6.07, 6.45) is 6.42. The van der Waals surface area contributed by atoms with Crippen LogP contribution in [0, 0.1) is 0 Å². The van der Waals surface area contributed by atoms with Gasteiger partial charge in [0.25, 0.3) is 0 Å². The maximum atomic E-state index is 4.60. The van der Waals surface area contributed by atoms with Gasteiger partial charge in [0.1, 0.15) is 0 Å². The maximum absolute atomic E-state index is 4.60. The maximum Gasteiger partial charge on any atom is 0.153 e. The lowest BCUT2D eigenvalue weighted by Crippen LogP contribution is -2.12. The first kappa shape index (κ1) is 11.4. The third-order valence-electron chi connectivity index (χ3n) is 3.23. The smallest absolute Gasteiger partial charge is 0.153 e. The van der Waals surface area contributed by atoms with Gasteiger partial charge in [-0.3, -0.25) is 0 Å². The lowest BCUT2D eigenvalue weighted by atomic mass is 10.2. The molecular weight excluding hydrogens is 224 g/mol. The summed E-state index contributed by atoms with van der Waals surface area (Å²) < 4.78 is 1.88. The third-order valence-corrected chi connectivity index (χ3v) is 3.23. The summed E-state index contributed by atoms with van der Waals surface area (Å²) in [5.74, 6) is 1.59. The fraction of sp³-hybridized carbons (Fsp3) is 0.429. The molecular formula is C14H18N4. The highest BCUT2D eigenvalue weighted by atomic mass is 15.3. The average Bonchev–Trinajstić information content (AvgIpc) is 3.14. The van der Waals surface area contributed by atoms with Crippen molar-refractivity contribution in [3.05, 3.63) is 41.9 Å². The quantitative estimate of drug-likeness (QED) is 0.874. The normalized spacial score (nSPS) is 14.9. The number of rotatable bonds is 5. The minimum absolute atomic E-state index is 0.691. The Hall–Kier alpha value is -1.68. The molecule has 4 nitrogen and oxygen atoms in total. The van der Waals surface area contributed by atoms with Gasteiger partial charge in [-0.2, -0.15) is 5.10 Å². The second kappa shape index (κ2) is 4.90.